The highest BCUT2D eigenvalue weighted by Gasteiger charge is 2.34. The maximum atomic E-state index is 11.7. The van der Waals surface area contributed by atoms with Gasteiger partial charge in [-0.25, -0.2) is 9.59 Å². The Labute approximate surface area is 87.3 Å². The predicted octanol–water partition coefficient (Wildman–Crippen LogP) is 2.06. The molecule has 86 valence electrons. The molecule has 1 rings (SSSR count). The minimum atomic E-state index is -5.05. The van der Waals surface area contributed by atoms with Crippen molar-refractivity contribution >= 4 is 11.9 Å². The standard InChI is InChI=1S/C9H5F3O4/c10-9(11,12)16-8(15)6-3-1-5(2-4-6)7(13)14/h1-4H,(H,13,14). The molecule has 0 saturated carbocycles. The number of carbonyl (C=O) groups excluding carboxylic acids is 1. The van der Waals surface area contributed by atoms with Crippen LogP contribution in [0.4, 0.5) is 13.2 Å². The minimum absolute atomic E-state index is 0.136. The number of alkyl halides is 3. The van der Waals surface area contributed by atoms with Crippen molar-refractivity contribution in [3.05, 3.63) is 35.4 Å². The van der Waals surface area contributed by atoms with Crippen molar-refractivity contribution in [1.29, 1.82) is 0 Å². The fourth-order valence-corrected chi connectivity index (χ4v) is 0.913. The van der Waals surface area contributed by atoms with Gasteiger partial charge in [0, 0.05) is 0 Å². The number of halogens is 3. The Kier molecular flexibility index (Phi) is 3.17. The second-order valence-electron chi connectivity index (χ2n) is 2.72. The first-order valence-electron chi connectivity index (χ1n) is 3.93. The van der Waals surface area contributed by atoms with Gasteiger partial charge in [-0.05, 0) is 24.3 Å². The quantitative estimate of drug-likeness (QED) is 0.795. The summed E-state index contributed by atoms with van der Waals surface area (Å²) in [7, 11) is 0. The molecule has 0 spiro atoms. The van der Waals surface area contributed by atoms with E-state index in [4.69, 9.17) is 5.11 Å². The first-order chi connectivity index (χ1) is 7.29. The lowest BCUT2D eigenvalue weighted by atomic mass is 10.1. The van der Waals surface area contributed by atoms with Gasteiger partial charge in [0.2, 0.25) is 0 Å². The van der Waals surface area contributed by atoms with E-state index < -0.39 is 18.3 Å². The smallest absolute Gasteiger partial charge is 0.478 e. The van der Waals surface area contributed by atoms with Crippen LogP contribution in [0.15, 0.2) is 24.3 Å². The van der Waals surface area contributed by atoms with Crippen LogP contribution in [0.1, 0.15) is 20.7 Å². The van der Waals surface area contributed by atoms with Crippen molar-refractivity contribution in [2.45, 2.75) is 6.36 Å². The molecule has 1 N–H and O–H groups in total. The number of benzene rings is 1. The van der Waals surface area contributed by atoms with Gasteiger partial charge in [0.1, 0.15) is 0 Å². The Morgan fingerprint density at radius 3 is 1.88 bits per heavy atom. The zero-order valence-electron chi connectivity index (χ0n) is 7.62. The first-order valence-corrected chi connectivity index (χ1v) is 3.93. The van der Waals surface area contributed by atoms with E-state index in [0.29, 0.717) is 0 Å². The van der Waals surface area contributed by atoms with Gasteiger partial charge in [-0.3, -0.25) is 0 Å². The average Bonchev–Trinajstić information content (AvgIpc) is 2.15. The lowest BCUT2D eigenvalue weighted by molar-refractivity contribution is -0.291. The molecule has 0 radical (unpaired) electrons. The molecule has 0 heterocycles. The van der Waals surface area contributed by atoms with Gasteiger partial charge >= 0.3 is 18.3 Å². The van der Waals surface area contributed by atoms with Crippen LogP contribution in [0.3, 0.4) is 0 Å². The number of hydrogen-bond acceptors (Lipinski definition) is 3. The zero-order chi connectivity index (χ0) is 12.3. The molecule has 0 fully saturated rings. The Morgan fingerprint density at radius 1 is 1.06 bits per heavy atom. The third-order valence-corrected chi connectivity index (χ3v) is 1.58. The molecule has 7 heteroatoms. The van der Waals surface area contributed by atoms with Crippen LogP contribution in [0.5, 0.6) is 0 Å². The molecular formula is C9H5F3O4. The van der Waals surface area contributed by atoms with E-state index in [0.717, 1.165) is 24.3 Å². The normalized spacial score (nSPS) is 10.9. The molecule has 1 aromatic rings. The molecule has 0 aliphatic carbocycles. The third-order valence-electron chi connectivity index (χ3n) is 1.58. The zero-order valence-corrected chi connectivity index (χ0v) is 7.62. The van der Waals surface area contributed by atoms with Crippen LogP contribution in [0.2, 0.25) is 0 Å². The van der Waals surface area contributed by atoms with Crippen LogP contribution in [-0.4, -0.2) is 23.4 Å². The number of ether oxygens (including phenoxy) is 1. The summed E-state index contributed by atoms with van der Waals surface area (Å²) in [6.07, 6.45) is -5.05. The monoisotopic (exact) mass is 234 g/mol. The molecule has 16 heavy (non-hydrogen) atoms. The van der Waals surface area contributed by atoms with Crippen LogP contribution in [0, 0.1) is 0 Å². The first kappa shape index (κ1) is 12.0. The van der Waals surface area contributed by atoms with Crippen molar-refractivity contribution < 1.29 is 32.6 Å². The summed E-state index contributed by atoms with van der Waals surface area (Å²) in [6.45, 7) is 0. The van der Waals surface area contributed by atoms with Crippen molar-refractivity contribution in [1.82, 2.24) is 0 Å². The molecule has 0 aliphatic heterocycles. The number of hydrogen-bond donors (Lipinski definition) is 1. The Balaban J connectivity index is 2.82. The fraction of sp³-hybridized carbons (Fsp3) is 0.111. The van der Waals surface area contributed by atoms with E-state index in [1.165, 1.54) is 0 Å². The van der Waals surface area contributed by atoms with Gasteiger partial charge in [-0.2, -0.15) is 0 Å². The van der Waals surface area contributed by atoms with Gasteiger partial charge in [0.25, 0.3) is 0 Å². The summed E-state index contributed by atoms with van der Waals surface area (Å²) in [5.74, 6) is -2.82. The highest BCUT2D eigenvalue weighted by atomic mass is 19.4. The van der Waals surface area contributed by atoms with Gasteiger partial charge in [-0.15, -0.1) is 13.2 Å². The molecule has 0 amide bonds. The molecule has 4 nitrogen and oxygen atoms in total. The van der Waals surface area contributed by atoms with E-state index in [1.54, 1.807) is 0 Å². The van der Waals surface area contributed by atoms with Crippen molar-refractivity contribution in [2.75, 3.05) is 0 Å². The average molecular weight is 234 g/mol. The summed E-state index contributed by atoms with van der Waals surface area (Å²) in [5.41, 5.74) is -0.508. The van der Waals surface area contributed by atoms with E-state index in [2.05, 4.69) is 4.74 Å². The van der Waals surface area contributed by atoms with Gasteiger partial charge in [-0.1, -0.05) is 0 Å². The van der Waals surface area contributed by atoms with Crippen LogP contribution >= 0.6 is 0 Å². The van der Waals surface area contributed by atoms with Crippen molar-refractivity contribution in [3.8, 4) is 0 Å². The lowest BCUT2D eigenvalue weighted by Gasteiger charge is -2.06. The number of carboxylic acid groups (broad SMARTS) is 1. The molecular weight excluding hydrogens is 229 g/mol. The summed E-state index contributed by atoms with van der Waals surface area (Å²) >= 11 is 0. The summed E-state index contributed by atoms with van der Waals surface area (Å²) < 4.78 is 38.1. The Hall–Kier alpha value is -2.05. The predicted molar refractivity (Wildman–Crippen MR) is 44.9 cm³/mol. The SMILES string of the molecule is O=C(O)c1ccc(C(=O)OC(F)(F)F)cc1. The van der Waals surface area contributed by atoms with Crippen LogP contribution in [-0.2, 0) is 4.74 Å². The van der Waals surface area contributed by atoms with Gasteiger partial charge < -0.3 is 9.84 Å². The van der Waals surface area contributed by atoms with E-state index in [-0.39, 0.29) is 11.1 Å². The molecule has 0 aliphatic rings. The number of carbonyl (C=O) groups is 2. The van der Waals surface area contributed by atoms with E-state index >= 15 is 0 Å². The largest absolute Gasteiger partial charge is 0.575 e. The van der Waals surface area contributed by atoms with Gasteiger partial charge in [0.15, 0.2) is 0 Å². The molecule has 1 aromatic carbocycles. The maximum absolute atomic E-state index is 11.7. The molecule has 0 aromatic heterocycles. The summed E-state index contributed by atoms with van der Waals surface area (Å²) in [6, 6.07) is 3.90. The van der Waals surface area contributed by atoms with Crippen LogP contribution < -0.4 is 0 Å². The topological polar surface area (TPSA) is 63.6 Å². The highest BCUT2D eigenvalue weighted by molar-refractivity contribution is 5.92. The third kappa shape index (κ3) is 3.26. The molecule has 0 unspecified atom stereocenters. The number of carboxylic acids is 1. The second kappa shape index (κ2) is 4.21. The van der Waals surface area contributed by atoms with E-state index in [9.17, 15) is 22.8 Å². The Morgan fingerprint density at radius 2 is 1.50 bits per heavy atom. The van der Waals surface area contributed by atoms with E-state index in [1.807, 2.05) is 0 Å². The fourth-order valence-electron chi connectivity index (χ4n) is 0.913. The minimum Gasteiger partial charge on any atom is -0.478 e. The number of esters is 1. The Bertz CT molecular complexity index is 408. The van der Waals surface area contributed by atoms with Crippen LogP contribution in [0.25, 0.3) is 0 Å². The van der Waals surface area contributed by atoms with Gasteiger partial charge in [0.05, 0.1) is 11.1 Å². The second-order valence-corrected chi connectivity index (χ2v) is 2.72. The highest BCUT2D eigenvalue weighted by Crippen LogP contribution is 2.18. The summed E-state index contributed by atoms with van der Waals surface area (Å²) in [5, 5.41) is 8.50. The maximum Gasteiger partial charge on any atom is 0.575 e. The van der Waals surface area contributed by atoms with Crippen molar-refractivity contribution in [2.24, 2.45) is 0 Å². The number of rotatable bonds is 2. The summed E-state index contributed by atoms with van der Waals surface area (Å²) in [4.78, 5) is 21.3. The molecule has 0 saturated heterocycles. The molecule has 0 atom stereocenters. The lowest BCUT2D eigenvalue weighted by Crippen LogP contribution is -2.19. The number of aromatic carboxylic acids is 1. The van der Waals surface area contributed by atoms with Crippen molar-refractivity contribution in [3.63, 3.8) is 0 Å². The molecule has 0 bridgehead atoms.